The van der Waals surface area contributed by atoms with Crippen LogP contribution in [0.4, 0.5) is 0 Å². The standard InChI is InChI=1S/CH3ClN2.H2O4S/c2-4-1-3;1-5(2,3)4/h1H,(H2,3,4);(H2,1,2,3,4). The van der Waals surface area contributed by atoms with E-state index in [2.05, 4.69) is 22.0 Å². The quantitative estimate of drug-likeness (QED) is 0.261. The third kappa shape index (κ3) is 609. The average molecular weight is 177 g/mol. The molecule has 0 radical (unpaired) electrons. The van der Waals surface area contributed by atoms with Crippen LogP contribution in [0.25, 0.3) is 0 Å². The Hall–Kier alpha value is -0.370. The molecule has 0 fully saturated rings. The fourth-order valence-electron chi connectivity index (χ4n) is 0. The van der Waals surface area contributed by atoms with Gasteiger partial charge in [-0.05, 0) is 0 Å². The van der Waals surface area contributed by atoms with Crippen molar-refractivity contribution in [2.75, 3.05) is 0 Å². The van der Waals surface area contributed by atoms with E-state index < -0.39 is 10.4 Å². The van der Waals surface area contributed by atoms with E-state index in [0.717, 1.165) is 6.34 Å². The maximum atomic E-state index is 8.74. The fraction of sp³-hybridized carbons (Fsp3) is 0. The SMILES string of the molecule is NC=NCl.O=S(=O)(O)O. The molecule has 0 atom stereocenters. The molecular formula is CH5ClN2O4S. The summed E-state index contributed by atoms with van der Waals surface area (Å²) in [4.78, 5) is 0. The summed E-state index contributed by atoms with van der Waals surface area (Å²) in [5, 5.41) is 0. The minimum atomic E-state index is -4.67. The summed E-state index contributed by atoms with van der Waals surface area (Å²) >= 11 is 4.63. The van der Waals surface area contributed by atoms with E-state index in [1.165, 1.54) is 0 Å². The second kappa shape index (κ2) is 5.76. The highest BCUT2D eigenvalue weighted by atomic mass is 35.5. The van der Waals surface area contributed by atoms with Crippen LogP contribution in [0.15, 0.2) is 4.51 Å². The van der Waals surface area contributed by atoms with Crippen molar-refractivity contribution in [1.82, 2.24) is 0 Å². The lowest BCUT2D eigenvalue weighted by atomic mass is 11.4. The van der Waals surface area contributed by atoms with E-state index in [9.17, 15) is 0 Å². The number of nitrogens with zero attached hydrogens (tertiary/aromatic N) is 1. The van der Waals surface area contributed by atoms with Gasteiger partial charge in [-0.3, -0.25) is 9.11 Å². The maximum Gasteiger partial charge on any atom is 0.394 e. The monoisotopic (exact) mass is 176 g/mol. The molecule has 0 aliphatic rings. The smallest absolute Gasteiger partial charge is 0.389 e. The van der Waals surface area contributed by atoms with Gasteiger partial charge >= 0.3 is 10.4 Å². The molecule has 0 heterocycles. The molecule has 4 N–H and O–H groups in total. The summed E-state index contributed by atoms with van der Waals surface area (Å²) in [7, 11) is -4.67. The Kier molecular flexibility index (Phi) is 7.32. The van der Waals surface area contributed by atoms with Gasteiger partial charge in [-0.25, -0.2) is 0 Å². The molecule has 0 aromatic carbocycles. The normalized spacial score (nSPS) is 10.6. The van der Waals surface area contributed by atoms with Crippen LogP contribution in [-0.2, 0) is 10.4 Å². The number of nitrogens with two attached hydrogens (primary N) is 1. The minimum Gasteiger partial charge on any atom is -0.389 e. The summed E-state index contributed by atoms with van der Waals surface area (Å²) in [6.45, 7) is 0. The van der Waals surface area contributed by atoms with Crippen molar-refractivity contribution in [1.29, 1.82) is 0 Å². The van der Waals surface area contributed by atoms with Crippen molar-refractivity contribution >= 4 is 28.5 Å². The molecule has 0 aliphatic carbocycles. The van der Waals surface area contributed by atoms with Crippen LogP contribution in [0.1, 0.15) is 0 Å². The van der Waals surface area contributed by atoms with Gasteiger partial charge in [0.15, 0.2) is 0 Å². The van der Waals surface area contributed by atoms with E-state index in [1.54, 1.807) is 0 Å². The molecule has 8 heteroatoms. The Morgan fingerprint density at radius 2 is 1.67 bits per heavy atom. The Morgan fingerprint density at radius 1 is 1.56 bits per heavy atom. The van der Waals surface area contributed by atoms with Crippen LogP contribution in [0.3, 0.4) is 0 Å². The molecule has 0 amide bonds. The van der Waals surface area contributed by atoms with Gasteiger partial charge in [-0.2, -0.15) is 12.9 Å². The molecule has 0 bridgehead atoms. The molecule has 0 aliphatic heterocycles. The zero-order valence-corrected chi connectivity index (χ0v) is 5.67. The highest BCUT2D eigenvalue weighted by Gasteiger charge is 1.84. The number of rotatable bonds is 0. The molecular weight excluding hydrogens is 172 g/mol. The van der Waals surface area contributed by atoms with Gasteiger partial charge in [0.05, 0.1) is 0 Å². The van der Waals surface area contributed by atoms with Gasteiger partial charge in [0, 0.05) is 11.8 Å². The van der Waals surface area contributed by atoms with Crippen LogP contribution in [0, 0.1) is 0 Å². The molecule has 0 spiro atoms. The molecule has 6 nitrogen and oxygen atoms in total. The van der Waals surface area contributed by atoms with Crippen LogP contribution < -0.4 is 5.73 Å². The van der Waals surface area contributed by atoms with E-state index in [1.807, 2.05) is 0 Å². The Labute approximate surface area is 57.0 Å². The second-order valence-corrected chi connectivity index (χ2v) is 1.79. The number of hydrogen-bond acceptors (Lipinski definition) is 3. The predicted octanol–water partition coefficient (Wildman–Crippen LogP) is -0.526. The van der Waals surface area contributed by atoms with Crippen LogP contribution in [0.5, 0.6) is 0 Å². The average Bonchev–Trinajstić information content (AvgIpc) is 1.61. The van der Waals surface area contributed by atoms with Crippen LogP contribution >= 0.6 is 11.8 Å². The zero-order valence-electron chi connectivity index (χ0n) is 4.10. The van der Waals surface area contributed by atoms with Gasteiger partial charge in [0.2, 0.25) is 0 Å². The Morgan fingerprint density at radius 3 is 1.67 bits per heavy atom. The molecule has 9 heavy (non-hydrogen) atoms. The number of halogens is 1. The lowest BCUT2D eigenvalue weighted by Gasteiger charge is -1.68. The largest absolute Gasteiger partial charge is 0.394 e. The first-order valence-electron chi connectivity index (χ1n) is 1.46. The van der Waals surface area contributed by atoms with Crippen LogP contribution in [0.2, 0.25) is 0 Å². The lowest BCUT2D eigenvalue weighted by molar-refractivity contribution is 0.381. The van der Waals surface area contributed by atoms with E-state index in [4.69, 9.17) is 17.5 Å². The highest BCUT2D eigenvalue weighted by molar-refractivity contribution is 7.79. The molecule has 0 aromatic heterocycles. The van der Waals surface area contributed by atoms with Crippen molar-refractivity contribution in [3.8, 4) is 0 Å². The van der Waals surface area contributed by atoms with Crippen LogP contribution in [-0.4, -0.2) is 23.9 Å². The van der Waals surface area contributed by atoms with Gasteiger partial charge in [0.25, 0.3) is 0 Å². The second-order valence-electron chi connectivity index (χ2n) is 0.694. The third-order valence-electron chi connectivity index (χ3n) is 0.0563. The topological polar surface area (TPSA) is 113 Å². The summed E-state index contributed by atoms with van der Waals surface area (Å²) in [5.74, 6) is 0. The van der Waals surface area contributed by atoms with E-state index in [-0.39, 0.29) is 0 Å². The van der Waals surface area contributed by atoms with E-state index in [0.29, 0.717) is 0 Å². The lowest BCUT2D eigenvalue weighted by Crippen LogP contribution is -1.89. The van der Waals surface area contributed by atoms with Crippen molar-refractivity contribution in [3.05, 3.63) is 0 Å². The van der Waals surface area contributed by atoms with Crippen molar-refractivity contribution in [2.24, 2.45) is 10.2 Å². The van der Waals surface area contributed by atoms with Crippen molar-refractivity contribution in [3.63, 3.8) is 0 Å². The first-order chi connectivity index (χ1) is 3.91. The Bertz CT molecular complexity index is 149. The van der Waals surface area contributed by atoms with Crippen molar-refractivity contribution in [2.45, 2.75) is 0 Å². The Balaban J connectivity index is 0. The first-order valence-corrected chi connectivity index (χ1v) is 3.19. The third-order valence-corrected chi connectivity index (χ3v) is 0.169. The molecule has 0 unspecified atom stereocenters. The zero-order chi connectivity index (χ0) is 7.91. The minimum absolute atomic E-state index is 1.02. The van der Waals surface area contributed by atoms with Gasteiger partial charge in [-0.1, -0.05) is 0 Å². The predicted molar refractivity (Wildman–Crippen MR) is 32.7 cm³/mol. The summed E-state index contributed by atoms with van der Waals surface area (Å²) in [6, 6.07) is 0. The van der Waals surface area contributed by atoms with Crippen molar-refractivity contribution < 1.29 is 17.5 Å². The van der Waals surface area contributed by atoms with Gasteiger partial charge in [0.1, 0.15) is 6.34 Å². The molecule has 0 saturated heterocycles. The molecule has 0 saturated carbocycles. The molecule has 56 valence electrons. The highest BCUT2D eigenvalue weighted by Crippen LogP contribution is 1.61. The van der Waals surface area contributed by atoms with Gasteiger partial charge in [-0.15, -0.1) is 0 Å². The summed E-state index contributed by atoms with van der Waals surface area (Å²) in [6.07, 6.45) is 1.02. The first kappa shape index (κ1) is 11.4. The fourth-order valence-corrected chi connectivity index (χ4v) is 0. The summed E-state index contributed by atoms with van der Waals surface area (Å²) < 4.78 is 34.4. The van der Waals surface area contributed by atoms with Gasteiger partial charge < -0.3 is 5.73 Å². The van der Waals surface area contributed by atoms with E-state index >= 15 is 0 Å². The molecule has 0 rings (SSSR count). The maximum absolute atomic E-state index is 8.74. The number of hydrogen-bond donors (Lipinski definition) is 3. The molecule has 0 aromatic rings. The summed E-state index contributed by atoms with van der Waals surface area (Å²) in [5.41, 5.74) is 4.60.